The molecule has 2 aromatic rings. The molecule has 2 N–H and O–H groups in total. The van der Waals surface area contributed by atoms with E-state index in [-0.39, 0.29) is 10.8 Å². The van der Waals surface area contributed by atoms with Gasteiger partial charge in [0.15, 0.2) is 5.71 Å². The highest BCUT2D eigenvalue weighted by Gasteiger charge is 2.44. The Bertz CT molecular complexity index is 1390. The highest BCUT2D eigenvalue weighted by molar-refractivity contribution is 6.03. The number of nitrogens with two attached hydrogens (primary N) is 1. The molecule has 0 atom stereocenters. The van der Waals surface area contributed by atoms with E-state index in [0.717, 1.165) is 44.5 Å². The molecular formula is C35H44N3+. The van der Waals surface area contributed by atoms with Crippen LogP contribution in [-0.4, -0.2) is 23.4 Å². The Morgan fingerprint density at radius 2 is 1.55 bits per heavy atom. The van der Waals surface area contributed by atoms with Gasteiger partial charge in [0.25, 0.3) is 0 Å². The molecule has 0 bridgehead atoms. The van der Waals surface area contributed by atoms with E-state index in [2.05, 4.69) is 124 Å². The van der Waals surface area contributed by atoms with Gasteiger partial charge in [-0.15, -0.1) is 0 Å². The van der Waals surface area contributed by atoms with Crippen LogP contribution in [0.5, 0.6) is 0 Å². The SMILES string of the molecule is CCCN1/C(=C/C=C2\CCC(/C=C/C3=[N+](CCC)c4ccccc4C3(C)C)=C2N)C(C)(C)c2ccccc21. The van der Waals surface area contributed by atoms with Gasteiger partial charge in [0.2, 0.25) is 5.69 Å². The molecule has 2 heterocycles. The lowest BCUT2D eigenvalue weighted by molar-refractivity contribution is -0.437. The van der Waals surface area contributed by atoms with E-state index in [4.69, 9.17) is 5.73 Å². The Kier molecular flexibility index (Phi) is 6.98. The van der Waals surface area contributed by atoms with Crippen LogP contribution in [-0.2, 0) is 10.8 Å². The lowest BCUT2D eigenvalue weighted by atomic mass is 9.81. The van der Waals surface area contributed by atoms with Gasteiger partial charge in [-0.25, -0.2) is 0 Å². The summed E-state index contributed by atoms with van der Waals surface area (Å²) in [6.45, 7) is 15.9. The van der Waals surface area contributed by atoms with Crippen LogP contribution >= 0.6 is 0 Å². The molecule has 0 fully saturated rings. The van der Waals surface area contributed by atoms with Crippen LogP contribution < -0.4 is 10.6 Å². The quantitative estimate of drug-likeness (QED) is 0.385. The Balaban J connectivity index is 1.46. The first kappa shape index (κ1) is 26.3. The normalized spacial score (nSPS) is 21.9. The molecule has 5 rings (SSSR count). The summed E-state index contributed by atoms with van der Waals surface area (Å²) in [5.41, 5.74) is 18.4. The van der Waals surface area contributed by atoms with Crippen molar-refractivity contribution in [3.63, 3.8) is 0 Å². The number of benzene rings is 2. The fourth-order valence-corrected chi connectivity index (χ4v) is 6.66. The molecule has 0 radical (unpaired) electrons. The molecule has 0 spiro atoms. The van der Waals surface area contributed by atoms with Crippen molar-refractivity contribution in [3.05, 3.63) is 107 Å². The maximum atomic E-state index is 6.78. The molecule has 2 aromatic carbocycles. The molecule has 2 aliphatic heterocycles. The van der Waals surface area contributed by atoms with Gasteiger partial charge >= 0.3 is 0 Å². The number of hydrogen-bond donors (Lipinski definition) is 1. The number of hydrogen-bond acceptors (Lipinski definition) is 2. The Hall–Kier alpha value is -3.33. The summed E-state index contributed by atoms with van der Waals surface area (Å²) in [7, 11) is 0. The van der Waals surface area contributed by atoms with Gasteiger partial charge in [-0.05, 0) is 62.0 Å². The third-order valence-electron chi connectivity index (χ3n) is 8.73. The highest BCUT2D eigenvalue weighted by atomic mass is 15.2. The van der Waals surface area contributed by atoms with Crippen molar-refractivity contribution in [1.82, 2.24) is 0 Å². The highest BCUT2D eigenvalue weighted by Crippen LogP contribution is 2.48. The molecule has 0 saturated heterocycles. The van der Waals surface area contributed by atoms with E-state index >= 15 is 0 Å². The predicted molar refractivity (Wildman–Crippen MR) is 162 cm³/mol. The van der Waals surface area contributed by atoms with Crippen LogP contribution in [0.1, 0.15) is 78.4 Å². The summed E-state index contributed by atoms with van der Waals surface area (Å²) < 4.78 is 2.50. The average molecular weight is 507 g/mol. The van der Waals surface area contributed by atoms with Gasteiger partial charge in [-0.2, -0.15) is 4.58 Å². The minimum Gasteiger partial charge on any atom is -0.398 e. The van der Waals surface area contributed by atoms with Crippen molar-refractivity contribution in [2.45, 2.75) is 78.1 Å². The number of anilines is 1. The summed E-state index contributed by atoms with van der Waals surface area (Å²) in [5.74, 6) is 0. The van der Waals surface area contributed by atoms with Crippen molar-refractivity contribution < 1.29 is 4.58 Å². The molecule has 0 saturated carbocycles. The number of fused-ring (bicyclic) bond motifs is 2. The van der Waals surface area contributed by atoms with Crippen LogP contribution in [0, 0.1) is 0 Å². The van der Waals surface area contributed by atoms with Crippen LogP contribution in [0.3, 0.4) is 0 Å². The maximum Gasteiger partial charge on any atom is 0.209 e. The second kappa shape index (κ2) is 10.1. The van der Waals surface area contributed by atoms with Crippen molar-refractivity contribution in [2.24, 2.45) is 5.73 Å². The molecule has 3 nitrogen and oxygen atoms in total. The molecular weight excluding hydrogens is 462 g/mol. The van der Waals surface area contributed by atoms with Gasteiger partial charge in [-0.1, -0.05) is 76.2 Å². The van der Waals surface area contributed by atoms with Crippen LogP contribution in [0.4, 0.5) is 11.4 Å². The molecule has 0 unspecified atom stereocenters. The Morgan fingerprint density at radius 1 is 0.842 bits per heavy atom. The first-order valence-corrected chi connectivity index (χ1v) is 14.4. The number of rotatable bonds is 7. The number of nitrogens with zero attached hydrogens (tertiary/aromatic N) is 2. The smallest absolute Gasteiger partial charge is 0.209 e. The molecule has 38 heavy (non-hydrogen) atoms. The zero-order chi connectivity index (χ0) is 27.1. The van der Waals surface area contributed by atoms with E-state index < -0.39 is 0 Å². The van der Waals surface area contributed by atoms with Crippen LogP contribution in [0.25, 0.3) is 0 Å². The topological polar surface area (TPSA) is 32.3 Å². The lowest BCUT2D eigenvalue weighted by Crippen LogP contribution is -2.27. The van der Waals surface area contributed by atoms with E-state index in [1.807, 2.05) is 0 Å². The average Bonchev–Trinajstić information content (AvgIpc) is 3.43. The van der Waals surface area contributed by atoms with Crippen molar-refractivity contribution >= 4 is 17.1 Å². The summed E-state index contributed by atoms with van der Waals surface area (Å²) in [4.78, 5) is 2.50. The zero-order valence-corrected chi connectivity index (χ0v) is 24.1. The third-order valence-corrected chi connectivity index (χ3v) is 8.73. The Morgan fingerprint density at radius 3 is 2.29 bits per heavy atom. The van der Waals surface area contributed by atoms with Gasteiger partial charge in [0.1, 0.15) is 6.54 Å². The summed E-state index contributed by atoms with van der Waals surface area (Å²) in [6, 6.07) is 17.7. The fraction of sp³-hybridized carbons (Fsp3) is 0.400. The molecule has 3 heteroatoms. The number of allylic oxidation sites excluding steroid dienone is 7. The third kappa shape index (κ3) is 4.26. The molecule has 3 aliphatic rings. The standard InChI is InChI=1S/C35H43N3/c1-7-23-37-29-15-11-9-13-27(29)34(3,4)31(37)21-19-25-17-18-26(33(25)36)20-22-32-35(5,6)28-14-10-12-16-30(28)38(32)24-8-2/h9-16,19-22,36H,7-8,17-18,23-24H2,1-6H3/p+1/b25-19+,31-21+. The van der Waals surface area contributed by atoms with E-state index in [9.17, 15) is 0 Å². The summed E-state index contributed by atoms with van der Waals surface area (Å²) in [5, 5.41) is 0. The fourth-order valence-electron chi connectivity index (χ4n) is 6.66. The van der Waals surface area contributed by atoms with Gasteiger partial charge in [0.05, 0.1) is 5.41 Å². The monoisotopic (exact) mass is 506 g/mol. The number of para-hydroxylation sites is 2. The second-order valence-corrected chi connectivity index (χ2v) is 12.0. The molecule has 198 valence electrons. The molecule has 0 amide bonds. The second-order valence-electron chi connectivity index (χ2n) is 12.0. The lowest BCUT2D eigenvalue weighted by Gasteiger charge is -2.26. The molecule has 0 aromatic heterocycles. The largest absolute Gasteiger partial charge is 0.398 e. The van der Waals surface area contributed by atoms with Crippen molar-refractivity contribution in [1.29, 1.82) is 0 Å². The van der Waals surface area contributed by atoms with E-state index in [1.54, 1.807) is 0 Å². The minimum absolute atomic E-state index is 0.0227. The van der Waals surface area contributed by atoms with Crippen LogP contribution in [0.2, 0.25) is 0 Å². The summed E-state index contributed by atoms with van der Waals surface area (Å²) in [6.07, 6.45) is 13.5. The van der Waals surface area contributed by atoms with Gasteiger partial charge in [-0.3, -0.25) is 0 Å². The van der Waals surface area contributed by atoms with Gasteiger partial charge in [0, 0.05) is 53.2 Å². The first-order chi connectivity index (χ1) is 18.2. The van der Waals surface area contributed by atoms with Crippen LogP contribution in [0.15, 0.2) is 95.4 Å². The van der Waals surface area contributed by atoms with Crippen molar-refractivity contribution in [2.75, 3.05) is 18.0 Å². The molecule has 1 aliphatic carbocycles. The maximum absolute atomic E-state index is 6.78. The van der Waals surface area contributed by atoms with E-state index in [1.165, 1.54) is 45.1 Å². The summed E-state index contributed by atoms with van der Waals surface area (Å²) >= 11 is 0. The Labute approximate surface area is 229 Å². The predicted octanol–water partition coefficient (Wildman–Crippen LogP) is 8.05. The van der Waals surface area contributed by atoms with E-state index in [0.29, 0.717) is 0 Å². The van der Waals surface area contributed by atoms with Crippen molar-refractivity contribution in [3.8, 4) is 0 Å². The zero-order valence-electron chi connectivity index (χ0n) is 24.1. The first-order valence-electron chi connectivity index (χ1n) is 14.4. The minimum atomic E-state index is -0.0227. The van der Waals surface area contributed by atoms with Gasteiger partial charge < -0.3 is 10.6 Å².